The zero-order chi connectivity index (χ0) is 12.2. The highest BCUT2D eigenvalue weighted by Gasteiger charge is 1.95. The van der Waals surface area contributed by atoms with Gasteiger partial charge >= 0.3 is 0 Å². The maximum absolute atomic E-state index is 4.10. The fourth-order valence-electron chi connectivity index (χ4n) is 1.89. The van der Waals surface area contributed by atoms with Crippen molar-refractivity contribution < 1.29 is 0 Å². The Kier molecular flexibility index (Phi) is 8.55. The fraction of sp³-hybridized carbons (Fsp3) is 0.846. The molecule has 0 fully saturated rings. The molecule has 0 aliphatic rings. The Hall–Kier alpha value is -0.900. The Balaban J connectivity index is 1.76. The summed E-state index contributed by atoms with van der Waals surface area (Å²) in [5, 5.41) is 10.2. The molecule has 0 atom stereocenters. The molecule has 4 nitrogen and oxygen atoms in total. The molecule has 17 heavy (non-hydrogen) atoms. The summed E-state index contributed by atoms with van der Waals surface area (Å²) in [5.74, 6) is 0.992. The normalized spacial score (nSPS) is 10.9. The second-order valence-electron chi connectivity index (χ2n) is 4.55. The highest BCUT2D eigenvalue weighted by atomic mass is 15.2. The second-order valence-corrected chi connectivity index (χ2v) is 4.55. The molecule has 2 N–H and O–H groups in total. The molecule has 0 radical (unpaired) electrons. The zero-order valence-corrected chi connectivity index (χ0v) is 11.0. The topological polar surface area (TPSA) is 53.6 Å². The van der Waals surface area contributed by atoms with Crippen LogP contribution in [0.1, 0.15) is 57.7 Å². The highest BCUT2D eigenvalue weighted by molar-refractivity contribution is 4.79. The molecule has 0 aromatic carbocycles. The monoisotopic (exact) mass is 238 g/mol. The lowest BCUT2D eigenvalue weighted by molar-refractivity contribution is 0.563. The Morgan fingerprint density at radius 1 is 1.06 bits per heavy atom. The lowest BCUT2D eigenvalue weighted by Crippen LogP contribution is -2.17. The third-order valence-electron chi connectivity index (χ3n) is 2.94. The van der Waals surface area contributed by atoms with E-state index < -0.39 is 0 Å². The molecule has 1 aromatic rings. The summed E-state index contributed by atoms with van der Waals surface area (Å²) in [4.78, 5) is 4.10. The first-order valence-electron chi connectivity index (χ1n) is 6.98. The maximum Gasteiger partial charge on any atom is 0.137 e. The van der Waals surface area contributed by atoms with E-state index in [1.807, 2.05) is 0 Å². The summed E-state index contributed by atoms with van der Waals surface area (Å²) < 4.78 is 0. The van der Waals surface area contributed by atoms with Gasteiger partial charge in [0.15, 0.2) is 0 Å². The predicted molar refractivity (Wildman–Crippen MR) is 70.9 cm³/mol. The molecule has 1 heterocycles. The molecule has 98 valence electrons. The Morgan fingerprint density at radius 3 is 2.59 bits per heavy atom. The Labute approximate surface area is 105 Å². The van der Waals surface area contributed by atoms with Crippen LogP contribution in [0, 0.1) is 0 Å². The van der Waals surface area contributed by atoms with Gasteiger partial charge in [-0.25, -0.2) is 4.98 Å². The minimum atomic E-state index is 0.990. The van der Waals surface area contributed by atoms with Crippen LogP contribution in [0.4, 0.5) is 0 Å². The van der Waals surface area contributed by atoms with Crippen molar-refractivity contribution in [2.45, 2.75) is 58.3 Å². The van der Waals surface area contributed by atoms with Crippen molar-refractivity contribution in [2.75, 3.05) is 13.1 Å². The van der Waals surface area contributed by atoms with Gasteiger partial charge in [-0.05, 0) is 25.9 Å². The quantitative estimate of drug-likeness (QED) is 0.583. The van der Waals surface area contributed by atoms with Crippen LogP contribution in [-0.4, -0.2) is 28.3 Å². The van der Waals surface area contributed by atoms with E-state index in [1.54, 1.807) is 6.33 Å². The number of unbranched alkanes of at least 4 members (excludes halogenated alkanes) is 5. The lowest BCUT2D eigenvalue weighted by atomic mass is 10.1. The van der Waals surface area contributed by atoms with E-state index in [1.165, 1.54) is 38.5 Å². The number of aromatic nitrogens is 3. The van der Waals surface area contributed by atoms with Crippen molar-refractivity contribution in [3.05, 3.63) is 12.2 Å². The number of aryl methyl sites for hydroxylation is 1. The Bertz CT molecular complexity index is 246. The molecule has 0 saturated heterocycles. The number of nitrogens with zero attached hydrogens (tertiary/aromatic N) is 2. The summed E-state index contributed by atoms with van der Waals surface area (Å²) in [7, 11) is 0. The van der Waals surface area contributed by atoms with Crippen molar-refractivity contribution in [1.82, 2.24) is 20.5 Å². The molecule has 0 unspecified atom stereocenters. The molecule has 0 spiro atoms. The largest absolute Gasteiger partial charge is 0.317 e. The van der Waals surface area contributed by atoms with E-state index in [4.69, 9.17) is 0 Å². The van der Waals surface area contributed by atoms with Gasteiger partial charge in [-0.3, -0.25) is 5.10 Å². The minimum absolute atomic E-state index is 0.990. The van der Waals surface area contributed by atoms with Crippen LogP contribution in [0.2, 0.25) is 0 Å². The molecule has 0 aliphatic heterocycles. The van der Waals surface area contributed by atoms with Crippen LogP contribution >= 0.6 is 0 Å². The first-order chi connectivity index (χ1) is 8.43. The molecule has 4 heteroatoms. The van der Waals surface area contributed by atoms with Crippen molar-refractivity contribution in [1.29, 1.82) is 0 Å². The van der Waals surface area contributed by atoms with Crippen molar-refractivity contribution in [3.63, 3.8) is 0 Å². The first-order valence-corrected chi connectivity index (χ1v) is 6.98. The third-order valence-corrected chi connectivity index (χ3v) is 2.94. The van der Waals surface area contributed by atoms with E-state index in [0.29, 0.717) is 0 Å². The molecule has 0 aliphatic carbocycles. The predicted octanol–water partition coefficient (Wildman–Crippen LogP) is 2.69. The number of hydrogen-bond acceptors (Lipinski definition) is 3. The standard InChI is InChI=1S/C13H26N4/c1-2-3-4-5-6-7-10-14-11-8-9-13-15-12-16-17-13/h12,14H,2-11H2,1H3,(H,15,16,17). The number of H-pyrrole nitrogens is 1. The van der Waals surface area contributed by atoms with Gasteiger partial charge in [-0.15, -0.1) is 0 Å². The molecular formula is C13H26N4. The lowest BCUT2D eigenvalue weighted by Gasteiger charge is -2.03. The van der Waals surface area contributed by atoms with Crippen LogP contribution in [0.5, 0.6) is 0 Å². The summed E-state index contributed by atoms with van der Waals surface area (Å²) in [6.07, 6.45) is 11.9. The summed E-state index contributed by atoms with van der Waals surface area (Å²) in [6, 6.07) is 0. The van der Waals surface area contributed by atoms with Crippen LogP contribution in [0.3, 0.4) is 0 Å². The van der Waals surface area contributed by atoms with Crippen LogP contribution < -0.4 is 5.32 Å². The van der Waals surface area contributed by atoms with Gasteiger partial charge in [0.1, 0.15) is 12.2 Å². The van der Waals surface area contributed by atoms with Crippen molar-refractivity contribution in [3.8, 4) is 0 Å². The molecule has 0 amide bonds. The average Bonchev–Trinajstić information content (AvgIpc) is 2.85. The summed E-state index contributed by atoms with van der Waals surface area (Å²) in [6.45, 7) is 4.49. The molecule has 0 bridgehead atoms. The number of rotatable bonds is 11. The molecule has 1 aromatic heterocycles. The minimum Gasteiger partial charge on any atom is -0.317 e. The third kappa shape index (κ3) is 7.91. The molecular weight excluding hydrogens is 212 g/mol. The van der Waals surface area contributed by atoms with Gasteiger partial charge in [0.2, 0.25) is 0 Å². The Morgan fingerprint density at radius 2 is 1.82 bits per heavy atom. The fourth-order valence-corrected chi connectivity index (χ4v) is 1.89. The highest BCUT2D eigenvalue weighted by Crippen LogP contribution is 2.04. The van der Waals surface area contributed by atoms with Crippen molar-refractivity contribution >= 4 is 0 Å². The number of hydrogen-bond donors (Lipinski definition) is 2. The maximum atomic E-state index is 4.10. The molecule has 0 saturated carbocycles. The van der Waals surface area contributed by atoms with E-state index in [-0.39, 0.29) is 0 Å². The zero-order valence-electron chi connectivity index (χ0n) is 11.0. The van der Waals surface area contributed by atoms with Gasteiger partial charge in [-0.2, -0.15) is 5.10 Å². The van der Waals surface area contributed by atoms with Crippen LogP contribution in [-0.2, 0) is 6.42 Å². The van der Waals surface area contributed by atoms with E-state index >= 15 is 0 Å². The SMILES string of the molecule is CCCCCCCCNCCCc1ncn[nH]1. The van der Waals surface area contributed by atoms with Gasteiger partial charge in [0.25, 0.3) is 0 Å². The smallest absolute Gasteiger partial charge is 0.137 e. The van der Waals surface area contributed by atoms with E-state index in [0.717, 1.165) is 31.8 Å². The average molecular weight is 238 g/mol. The molecule has 1 rings (SSSR count). The van der Waals surface area contributed by atoms with E-state index in [9.17, 15) is 0 Å². The van der Waals surface area contributed by atoms with Gasteiger partial charge in [0.05, 0.1) is 0 Å². The van der Waals surface area contributed by atoms with Crippen molar-refractivity contribution in [2.24, 2.45) is 0 Å². The van der Waals surface area contributed by atoms with Crippen LogP contribution in [0.15, 0.2) is 6.33 Å². The van der Waals surface area contributed by atoms with Gasteiger partial charge < -0.3 is 5.32 Å². The summed E-state index contributed by atoms with van der Waals surface area (Å²) in [5.41, 5.74) is 0. The van der Waals surface area contributed by atoms with Gasteiger partial charge in [-0.1, -0.05) is 39.0 Å². The van der Waals surface area contributed by atoms with Gasteiger partial charge in [0, 0.05) is 6.42 Å². The second kappa shape index (κ2) is 10.3. The summed E-state index contributed by atoms with van der Waals surface area (Å²) >= 11 is 0. The first kappa shape index (κ1) is 14.2. The number of aromatic amines is 1. The van der Waals surface area contributed by atoms with Crippen LogP contribution in [0.25, 0.3) is 0 Å². The number of nitrogens with one attached hydrogen (secondary N) is 2. The van der Waals surface area contributed by atoms with E-state index in [2.05, 4.69) is 27.4 Å².